The van der Waals surface area contributed by atoms with Crippen LogP contribution in [0.2, 0.25) is 0 Å². The van der Waals surface area contributed by atoms with Crippen LogP contribution in [0.25, 0.3) is 16.6 Å². The molecule has 168 valence electrons. The second-order valence-corrected chi connectivity index (χ2v) is 9.76. The van der Waals surface area contributed by atoms with Gasteiger partial charge in [-0.25, -0.2) is 14.8 Å². The average Bonchev–Trinajstić information content (AvgIpc) is 3.33. The molecule has 0 radical (unpaired) electrons. The highest BCUT2D eigenvalue weighted by Crippen LogP contribution is 2.42. The summed E-state index contributed by atoms with van der Waals surface area (Å²) in [5.41, 5.74) is 10.1. The molecular weight excluding hydrogens is 406 g/mol. The highest BCUT2D eigenvalue weighted by Gasteiger charge is 2.29. The summed E-state index contributed by atoms with van der Waals surface area (Å²) in [5.74, 6) is 0.870. The van der Waals surface area contributed by atoms with Crippen molar-refractivity contribution in [2.75, 3.05) is 11.1 Å². The van der Waals surface area contributed by atoms with Crippen molar-refractivity contribution in [3.63, 3.8) is 0 Å². The van der Waals surface area contributed by atoms with E-state index >= 15 is 0 Å². The van der Waals surface area contributed by atoms with Crippen LogP contribution in [-0.2, 0) is 5.41 Å². The molecule has 9 heteroatoms. The zero-order chi connectivity index (χ0) is 22.5. The van der Waals surface area contributed by atoms with Crippen LogP contribution in [0.4, 0.5) is 16.5 Å². The number of allylic oxidation sites excluding steroid dienone is 1. The Morgan fingerprint density at radius 2 is 2.06 bits per heavy atom. The van der Waals surface area contributed by atoms with Crippen LogP contribution in [0.1, 0.15) is 70.2 Å². The predicted molar refractivity (Wildman–Crippen MR) is 123 cm³/mol. The van der Waals surface area contributed by atoms with Gasteiger partial charge >= 0.3 is 6.03 Å². The largest absolute Gasteiger partial charge is 0.383 e. The fraction of sp³-hybridized carbons (Fsp3) is 0.478. The monoisotopic (exact) mass is 435 g/mol. The molecule has 4 N–H and O–H groups in total. The van der Waals surface area contributed by atoms with Crippen molar-refractivity contribution < 1.29 is 9.32 Å². The summed E-state index contributed by atoms with van der Waals surface area (Å²) < 4.78 is 7.49. The minimum Gasteiger partial charge on any atom is -0.383 e. The number of fused-ring (bicyclic) bond motifs is 1. The molecule has 1 fully saturated rings. The summed E-state index contributed by atoms with van der Waals surface area (Å²) in [7, 11) is 0. The minimum absolute atomic E-state index is 0.0501. The highest BCUT2D eigenvalue weighted by atomic mass is 16.5. The molecule has 2 aliphatic rings. The number of hydrogen-bond donors (Lipinski definition) is 3. The minimum atomic E-state index is -0.286. The number of nitrogens with one attached hydrogen (secondary N) is 2. The first-order chi connectivity index (χ1) is 15.3. The van der Waals surface area contributed by atoms with Gasteiger partial charge in [0.2, 0.25) is 5.88 Å². The van der Waals surface area contributed by atoms with Crippen LogP contribution in [0.15, 0.2) is 29.2 Å². The maximum Gasteiger partial charge on any atom is 0.321 e. The Balaban J connectivity index is 1.27. The molecule has 0 saturated heterocycles. The number of anilines is 2. The quantitative estimate of drug-likeness (QED) is 0.558. The SMILES string of the molecule is CC(C)(C)c1cc(NC(=O)NC2CC=C(c3cn(C4CC4)c4ncnc(N)c34)CC2)on1. The number of amides is 2. The maximum absolute atomic E-state index is 12.4. The molecule has 3 aromatic rings. The molecule has 0 aromatic carbocycles. The van der Waals surface area contributed by atoms with Gasteiger partial charge in [-0.05, 0) is 37.7 Å². The van der Waals surface area contributed by atoms with Gasteiger partial charge in [0.05, 0.1) is 11.1 Å². The maximum atomic E-state index is 12.4. The Labute approximate surface area is 186 Å². The third kappa shape index (κ3) is 3.94. The first-order valence-electron chi connectivity index (χ1n) is 11.1. The van der Waals surface area contributed by atoms with Gasteiger partial charge in [0.1, 0.15) is 17.8 Å². The van der Waals surface area contributed by atoms with Crippen molar-refractivity contribution in [3.8, 4) is 0 Å². The Kier molecular flexibility index (Phi) is 4.91. The Morgan fingerprint density at radius 3 is 2.72 bits per heavy atom. The zero-order valence-corrected chi connectivity index (χ0v) is 18.7. The van der Waals surface area contributed by atoms with E-state index in [0.717, 1.165) is 41.6 Å². The van der Waals surface area contributed by atoms with Gasteiger partial charge in [-0.2, -0.15) is 0 Å². The van der Waals surface area contributed by atoms with Crippen LogP contribution >= 0.6 is 0 Å². The molecule has 1 saturated carbocycles. The average molecular weight is 436 g/mol. The lowest BCUT2D eigenvalue weighted by atomic mass is 9.91. The summed E-state index contributed by atoms with van der Waals surface area (Å²) in [6.07, 6.45) is 10.7. The van der Waals surface area contributed by atoms with E-state index in [4.69, 9.17) is 10.3 Å². The van der Waals surface area contributed by atoms with Crippen molar-refractivity contribution in [2.45, 2.75) is 70.4 Å². The van der Waals surface area contributed by atoms with Gasteiger partial charge < -0.3 is 20.1 Å². The van der Waals surface area contributed by atoms with E-state index in [1.54, 1.807) is 6.07 Å². The fourth-order valence-electron chi connectivity index (χ4n) is 4.21. The fourth-order valence-corrected chi connectivity index (χ4v) is 4.21. The third-order valence-corrected chi connectivity index (χ3v) is 6.19. The van der Waals surface area contributed by atoms with Crippen LogP contribution in [0.3, 0.4) is 0 Å². The van der Waals surface area contributed by atoms with E-state index < -0.39 is 0 Å². The number of nitrogens with zero attached hydrogens (tertiary/aromatic N) is 4. The number of hydrogen-bond acceptors (Lipinski definition) is 6. The molecule has 5 rings (SSSR count). The van der Waals surface area contributed by atoms with Crippen LogP contribution in [-0.4, -0.2) is 31.8 Å². The first kappa shape index (κ1) is 20.5. The summed E-state index contributed by atoms with van der Waals surface area (Å²) >= 11 is 0. The van der Waals surface area contributed by atoms with Gasteiger partial charge in [0.25, 0.3) is 0 Å². The summed E-state index contributed by atoms with van der Waals surface area (Å²) in [4.78, 5) is 21.1. The van der Waals surface area contributed by atoms with E-state index in [2.05, 4.69) is 42.6 Å². The molecule has 9 nitrogen and oxygen atoms in total. The smallest absolute Gasteiger partial charge is 0.321 e. The number of nitrogens with two attached hydrogens (primary N) is 1. The van der Waals surface area contributed by atoms with Gasteiger partial charge in [0, 0.05) is 35.3 Å². The summed E-state index contributed by atoms with van der Waals surface area (Å²) in [5, 5.41) is 10.7. The molecule has 1 unspecified atom stereocenters. The zero-order valence-electron chi connectivity index (χ0n) is 18.7. The molecular formula is C23H29N7O2. The van der Waals surface area contributed by atoms with Crippen molar-refractivity contribution in [3.05, 3.63) is 35.9 Å². The van der Waals surface area contributed by atoms with Crippen LogP contribution in [0.5, 0.6) is 0 Å². The van der Waals surface area contributed by atoms with E-state index in [-0.39, 0.29) is 17.5 Å². The molecule has 2 amide bonds. The summed E-state index contributed by atoms with van der Waals surface area (Å²) in [6, 6.07) is 2.04. The predicted octanol–water partition coefficient (Wildman–Crippen LogP) is 4.39. The molecule has 1 atom stereocenters. The molecule has 3 aromatic heterocycles. The van der Waals surface area contributed by atoms with E-state index in [9.17, 15) is 4.79 Å². The van der Waals surface area contributed by atoms with E-state index in [1.165, 1.54) is 24.7 Å². The number of carbonyl (C=O) groups excluding carboxylic acids is 1. The first-order valence-corrected chi connectivity index (χ1v) is 11.1. The normalized spacial score (nSPS) is 19.1. The summed E-state index contributed by atoms with van der Waals surface area (Å²) in [6.45, 7) is 6.13. The lowest BCUT2D eigenvalue weighted by molar-refractivity contribution is 0.246. The van der Waals surface area contributed by atoms with E-state index in [1.807, 2.05) is 20.8 Å². The van der Waals surface area contributed by atoms with Crippen molar-refractivity contribution in [2.24, 2.45) is 0 Å². The molecule has 0 spiro atoms. The van der Waals surface area contributed by atoms with E-state index in [0.29, 0.717) is 17.7 Å². The number of nitrogen functional groups attached to an aromatic ring is 1. The van der Waals surface area contributed by atoms with Gasteiger partial charge in [0.15, 0.2) is 0 Å². The van der Waals surface area contributed by atoms with Crippen molar-refractivity contribution >= 4 is 34.3 Å². The Hall–Kier alpha value is -3.36. The van der Waals surface area contributed by atoms with Crippen LogP contribution < -0.4 is 16.4 Å². The second kappa shape index (κ2) is 7.65. The molecule has 0 bridgehead atoms. The molecule has 3 heterocycles. The number of aromatic nitrogens is 4. The van der Waals surface area contributed by atoms with Crippen molar-refractivity contribution in [1.29, 1.82) is 0 Å². The van der Waals surface area contributed by atoms with Crippen molar-refractivity contribution in [1.82, 2.24) is 25.0 Å². The number of carbonyl (C=O) groups is 1. The number of rotatable bonds is 4. The van der Waals surface area contributed by atoms with Gasteiger partial charge in [-0.15, -0.1) is 0 Å². The molecule has 32 heavy (non-hydrogen) atoms. The Morgan fingerprint density at radius 1 is 1.25 bits per heavy atom. The molecule has 0 aliphatic heterocycles. The van der Waals surface area contributed by atoms with Gasteiger partial charge in [-0.1, -0.05) is 32.0 Å². The number of urea groups is 1. The highest BCUT2D eigenvalue weighted by molar-refractivity contribution is 5.98. The van der Waals surface area contributed by atoms with Crippen LogP contribution in [0, 0.1) is 0 Å². The lowest BCUT2D eigenvalue weighted by Gasteiger charge is -2.23. The third-order valence-electron chi connectivity index (χ3n) is 6.19. The standard InChI is InChI=1S/C23H29N7O2/c1-23(2,3)17-10-18(32-29-17)28-22(31)27-14-6-4-13(5-7-14)16-11-30(15-8-9-15)21-19(16)20(24)25-12-26-21/h4,10-12,14-15H,5-9H2,1-3H3,(H2,24,25,26)(H2,27,28,31). The topological polar surface area (TPSA) is 124 Å². The Bertz CT molecular complexity index is 1200. The van der Waals surface area contributed by atoms with Gasteiger partial charge in [-0.3, -0.25) is 5.32 Å². The molecule has 2 aliphatic carbocycles. The lowest BCUT2D eigenvalue weighted by Crippen LogP contribution is -2.38. The second-order valence-electron chi connectivity index (χ2n) is 9.76.